The summed E-state index contributed by atoms with van der Waals surface area (Å²) in [6.07, 6.45) is 4.28. The normalized spacial score (nSPS) is 23.1. The molecule has 1 amide bonds. The van der Waals surface area contributed by atoms with E-state index < -0.39 is 5.82 Å². The molecule has 3 heterocycles. The zero-order valence-electron chi connectivity index (χ0n) is 11.8. The Hall–Kier alpha value is -0.950. The van der Waals surface area contributed by atoms with Crippen LogP contribution >= 0.6 is 23.5 Å². The number of likely N-dealkylation sites (tertiary alicyclic amines) is 1. The highest BCUT2D eigenvalue weighted by atomic mass is 32.2. The lowest BCUT2D eigenvalue weighted by Crippen LogP contribution is -2.61. The third kappa shape index (κ3) is 3.13. The average molecular weight is 328 g/mol. The van der Waals surface area contributed by atoms with Crippen molar-refractivity contribution in [3.8, 4) is 5.88 Å². The third-order valence-electron chi connectivity index (χ3n) is 3.76. The van der Waals surface area contributed by atoms with Gasteiger partial charge in [-0.05, 0) is 18.4 Å². The molecule has 0 N–H and O–H groups in total. The second-order valence-electron chi connectivity index (χ2n) is 5.41. The first kappa shape index (κ1) is 15.0. The van der Waals surface area contributed by atoms with E-state index in [4.69, 9.17) is 4.74 Å². The van der Waals surface area contributed by atoms with E-state index in [2.05, 4.69) is 4.98 Å². The van der Waals surface area contributed by atoms with E-state index in [1.54, 1.807) is 17.8 Å². The Kier molecular flexibility index (Phi) is 4.31. The van der Waals surface area contributed by atoms with Crippen LogP contribution in [0.3, 0.4) is 0 Å². The minimum atomic E-state index is -0.422. The van der Waals surface area contributed by atoms with Crippen molar-refractivity contribution in [2.45, 2.75) is 17.3 Å². The first-order chi connectivity index (χ1) is 10.1. The van der Waals surface area contributed by atoms with Gasteiger partial charge in [0.05, 0.1) is 10.5 Å². The Labute approximate surface area is 131 Å². The smallest absolute Gasteiger partial charge is 0.250 e. The highest BCUT2D eigenvalue weighted by molar-refractivity contribution is 8.01. The molecule has 1 atom stereocenters. The monoisotopic (exact) mass is 328 g/mol. The number of aromatic nitrogens is 1. The van der Waals surface area contributed by atoms with Gasteiger partial charge in [0.15, 0.2) is 5.82 Å². The van der Waals surface area contributed by atoms with Crippen LogP contribution in [-0.2, 0) is 4.79 Å². The molecule has 1 unspecified atom stereocenters. The molecule has 1 aromatic heterocycles. The number of thioether (sulfide) groups is 2. The number of rotatable bonds is 4. The average Bonchev–Trinajstić information content (AvgIpc) is 2.84. The number of ether oxygens (including phenoxy) is 1. The van der Waals surface area contributed by atoms with Crippen LogP contribution in [0.25, 0.3) is 0 Å². The number of carbonyl (C=O) groups is 1. The molecule has 2 saturated heterocycles. The van der Waals surface area contributed by atoms with Crippen molar-refractivity contribution in [1.29, 1.82) is 0 Å². The van der Waals surface area contributed by atoms with Gasteiger partial charge in [-0.3, -0.25) is 4.79 Å². The van der Waals surface area contributed by atoms with Crippen LogP contribution in [0.15, 0.2) is 18.3 Å². The van der Waals surface area contributed by atoms with Crippen molar-refractivity contribution >= 4 is 29.4 Å². The lowest BCUT2D eigenvalue weighted by atomic mass is 9.93. The van der Waals surface area contributed by atoms with Gasteiger partial charge in [0, 0.05) is 31.5 Å². The van der Waals surface area contributed by atoms with E-state index in [9.17, 15) is 9.18 Å². The number of hydrogen-bond acceptors (Lipinski definition) is 5. The van der Waals surface area contributed by atoms with E-state index in [1.807, 2.05) is 22.9 Å². The molecule has 2 fully saturated rings. The molecule has 2 aliphatic heterocycles. The largest absolute Gasteiger partial charge is 0.471 e. The lowest BCUT2D eigenvalue weighted by molar-refractivity contribution is -0.133. The molecule has 1 aromatic rings. The van der Waals surface area contributed by atoms with Crippen LogP contribution in [0.5, 0.6) is 5.88 Å². The predicted molar refractivity (Wildman–Crippen MR) is 83.4 cm³/mol. The van der Waals surface area contributed by atoms with Crippen molar-refractivity contribution < 1.29 is 13.9 Å². The van der Waals surface area contributed by atoms with Crippen LogP contribution in [0.1, 0.15) is 6.42 Å². The molecular weight excluding hydrogens is 311 g/mol. The summed E-state index contributed by atoms with van der Waals surface area (Å²) in [6, 6.07) is 2.90. The fourth-order valence-electron chi connectivity index (χ4n) is 2.75. The van der Waals surface area contributed by atoms with E-state index in [1.165, 1.54) is 12.3 Å². The van der Waals surface area contributed by atoms with Gasteiger partial charge < -0.3 is 9.64 Å². The zero-order valence-corrected chi connectivity index (χ0v) is 13.4. The Morgan fingerprint density at radius 3 is 3.19 bits per heavy atom. The summed E-state index contributed by atoms with van der Waals surface area (Å²) in [5.41, 5.74) is 0. The molecule has 3 rings (SSSR count). The van der Waals surface area contributed by atoms with Crippen molar-refractivity contribution in [2.24, 2.45) is 0 Å². The van der Waals surface area contributed by atoms with Crippen LogP contribution < -0.4 is 4.74 Å². The summed E-state index contributed by atoms with van der Waals surface area (Å²) in [7, 11) is 0. The highest BCUT2D eigenvalue weighted by Crippen LogP contribution is 2.46. The molecule has 1 spiro atoms. The molecule has 0 aliphatic carbocycles. The van der Waals surface area contributed by atoms with Crippen LogP contribution in [0.2, 0.25) is 0 Å². The van der Waals surface area contributed by atoms with E-state index in [0.717, 1.165) is 25.3 Å². The minimum absolute atomic E-state index is 0.0304. The SMILES string of the molecule is CSCC(=O)N1CC2(CC(Oc3ncccc3F)CS2)C1. The third-order valence-corrected chi connectivity index (χ3v) is 5.87. The maximum Gasteiger partial charge on any atom is 0.250 e. The van der Waals surface area contributed by atoms with Crippen LogP contribution in [0, 0.1) is 5.82 Å². The number of halogens is 1. The second-order valence-corrected chi connectivity index (χ2v) is 7.77. The fraction of sp³-hybridized carbons (Fsp3) is 0.571. The van der Waals surface area contributed by atoms with Crippen LogP contribution in [0.4, 0.5) is 4.39 Å². The minimum Gasteiger partial charge on any atom is -0.471 e. The number of nitrogens with zero attached hydrogens (tertiary/aromatic N) is 2. The molecule has 21 heavy (non-hydrogen) atoms. The molecule has 0 radical (unpaired) electrons. The predicted octanol–water partition coefficient (Wildman–Crippen LogP) is 2.05. The molecule has 114 valence electrons. The van der Waals surface area contributed by atoms with Crippen molar-refractivity contribution in [3.05, 3.63) is 24.1 Å². The van der Waals surface area contributed by atoms with Crippen molar-refractivity contribution in [2.75, 3.05) is 30.9 Å². The summed E-state index contributed by atoms with van der Waals surface area (Å²) in [4.78, 5) is 17.6. The fourth-order valence-corrected chi connectivity index (χ4v) is 4.71. The summed E-state index contributed by atoms with van der Waals surface area (Å²) in [5, 5.41) is 0. The summed E-state index contributed by atoms with van der Waals surface area (Å²) in [6.45, 7) is 1.56. The van der Waals surface area contributed by atoms with E-state index in [-0.39, 0.29) is 22.6 Å². The maximum absolute atomic E-state index is 13.5. The number of amides is 1. The van der Waals surface area contributed by atoms with Gasteiger partial charge >= 0.3 is 0 Å². The summed E-state index contributed by atoms with van der Waals surface area (Å²) < 4.78 is 19.3. The Balaban J connectivity index is 1.53. The second kappa shape index (κ2) is 6.04. The van der Waals surface area contributed by atoms with Gasteiger partial charge in [0.2, 0.25) is 5.91 Å². The summed E-state index contributed by atoms with van der Waals surface area (Å²) >= 11 is 3.38. The highest BCUT2D eigenvalue weighted by Gasteiger charge is 2.51. The molecule has 2 aliphatic rings. The van der Waals surface area contributed by atoms with Gasteiger partial charge in [0.1, 0.15) is 6.10 Å². The van der Waals surface area contributed by atoms with E-state index >= 15 is 0 Å². The zero-order chi connectivity index (χ0) is 14.9. The van der Waals surface area contributed by atoms with Gasteiger partial charge in [0.25, 0.3) is 5.88 Å². The molecule has 0 aromatic carbocycles. The topological polar surface area (TPSA) is 42.4 Å². The van der Waals surface area contributed by atoms with E-state index in [0.29, 0.717) is 5.75 Å². The Morgan fingerprint density at radius 2 is 2.48 bits per heavy atom. The first-order valence-corrected chi connectivity index (χ1v) is 9.18. The van der Waals surface area contributed by atoms with Gasteiger partial charge in [-0.1, -0.05) is 0 Å². The maximum atomic E-state index is 13.5. The molecule has 0 bridgehead atoms. The van der Waals surface area contributed by atoms with Gasteiger partial charge in [-0.25, -0.2) is 9.37 Å². The molecular formula is C14H17FN2O2S2. The van der Waals surface area contributed by atoms with Gasteiger partial charge in [-0.2, -0.15) is 11.8 Å². The van der Waals surface area contributed by atoms with Gasteiger partial charge in [-0.15, -0.1) is 11.8 Å². The quantitative estimate of drug-likeness (QED) is 0.846. The summed E-state index contributed by atoms with van der Waals surface area (Å²) in [5.74, 6) is 1.22. The standard InChI is InChI=1S/C14H17FN2O2S2/c1-20-7-12(18)17-8-14(9-17)5-10(6-21-14)19-13-11(15)3-2-4-16-13/h2-4,10H,5-9H2,1H3. The first-order valence-electron chi connectivity index (χ1n) is 6.80. The Morgan fingerprint density at radius 1 is 1.67 bits per heavy atom. The lowest BCUT2D eigenvalue weighted by Gasteiger charge is -2.47. The molecule has 4 nitrogen and oxygen atoms in total. The van der Waals surface area contributed by atoms with Crippen molar-refractivity contribution in [1.82, 2.24) is 9.88 Å². The Bertz CT molecular complexity index is 537. The number of carbonyl (C=O) groups excluding carboxylic acids is 1. The van der Waals surface area contributed by atoms with Crippen LogP contribution in [-0.4, -0.2) is 57.5 Å². The van der Waals surface area contributed by atoms with Crippen molar-refractivity contribution in [3.63, 3.8) is 0 Å². The number of hydrogen-bond donors (Lipinski definition) is 0. The number of pyridine rings is 1. The molecule has 0 saturated carbocycles. The molecule has 7 heteroatoms.